The molecule has 2 N–H and O–H groups in total. The van der Waals surface area contributed by atoms with Crippen LogP contribution >= 0.6 is 0 Å². The van der Waals surface area contributed by atoms with E-state index in [1.807, 2.05) is 0 Å². The van der Waals surface area contributed by atoms with Crippen LogP contribution in [0.3, 0.4) is 0 Å². The van der Waals surface area contributed by atoms with Crippen LogP contribution in [0.4, 0.5) is 14.6 Å². The summed E-state index contributed by atoms with van der Waals surface area (Å²) in [6.07, 6.45) is -0.495. The van der Waals surface area contributed by atoms with Crippen LogP contribution < -0.4 is 15.2 Å². The van der Waals surface area contributed by atoms with Crippen molar-refractivity contribution in [3.63, 3.8) is 0 Å². The molecule has 9 heteroatoms. The summed E-state index contributed by atoms with van der Waals surface area (Å²) < 4.78 is 35.7. The smallest absolute Gasteiger partial charge is 0.319 e. The van der Waals surface area contributed by atoms with Crippen LogP contribution in [-0.4, -0.2) is 40.8 Å². The molecule has 0 saturated heterocycles. The van der Waals surface area contributed by atoms with Crippen LogP contribution in [0, 0.1) is 5.92 Å². The standard InChI is InChI=1S/C14H15F2N5O2/c1-22-13-9(5-18-14(19-13)23-2)10-4-8(12(17)21-20-10)6-3-7(6)11(15)16/h4-7,11H,3H2,1-2H3,(H2,17,21)/t6-,7-/m0/s1. The minimum Gasteiger partial charge on any atom is -0.480 e. The van der Waals surface area contributed by atoms with Crippen LogP contribution in [-0.2, 0) is 0 Å². The predicted octanol–water partition coefficient (Wildman–Crippen LogP) is 1.90. The fraction of sp³-hybridized carbons (Fsp3) is 0.429. The Morgan fingerprint density at radius 2 is 2.04 bits per heavy atom. The molecule has 7 nitrogen and oxygen atoms in total. The molecule has 23 heavy (non-hydrogen) atoms. The lowest BCUT2D eigenvalue weighted by Crippen LogP contribution is -2.04. The predicted molar refractivity (Wildman–Crippen MR) is 77.4 cm³/mol. The van der Waals surface area contributed by atoms with Crippen LogP contribution in [0.2, 0.25) is 0 Å². The SMILES string of the molecule is COc1ncc(-c2cc([C@H]3C[C@@H]3C(F)F)c(N)nn2)c(OC)n1. The average molecular weight is 323 g/mol. The zero-order valence-electron chi connectivity index (χ0n) is 12.5. The highest BCUT2D eigenvalue weighted by atomic mass is 19.3. The summed E-state index contributed by atoms with van der Waals surface area (Å²) in [5.74, 6) is -0.559. The first-order valence-corrected chi connectivity index (χ1v) is 6.91. The topological polar surface area (TPSA) is 96.0 Å². The molecule has 2 aromatic heterocycles. The van der Waals surface area contributed by atoms with Gasteiger partial charge in [-0.3, -0.25) is 0 Å². The molecule has 0 bridgehead atoms. The molecular formula is C14H15F2N5O2. The van der Waals surface area contributed by atoms with E-state index in [4.69, 9.17) is 15.2 Å². The highest BCUT2D eigenvalue weighted by molar-refractivity contribution is 5.66. The monoisotopic (exact) mass is 323 g/mol. The Morgan fingerprint density at radius 3 is 2.65 bits per heavy atom. The molecule has 122 valence electrons. The van der Waals surface area contributed by atoms with E-state index in [1.54, 1.807) is 6.07 Å². The second kappa shape index (κ2) is 5.90. The number of anilines is 1. The molecule has 3 rings (SSSR count). The van der Waals surface area contributed by atoms with E-state index in [-0.39, 0.29) is 23.6 Å². The number of rotatable bonds is 5. The summed E-state index contributed by atoms with van der Waals surface area (Å²) in [5.41, 5.74) is 7.25. The third-order valence-electron chi connectivity index (χ3n) is 3.80. The first kappa shape index (κ1) is 15.3. The number of hydrogen-bond donors (Lipinski definition) is 1. The van der Waals surface area contributed by atoms with E-state index in [2.05, 4.69) is 20.2 Å². The molecular weight excluding hydrogens is 308 g/mol. The summed E-state index contributed by atoms with van der Waals surface area (Å²) in [5, 5.41) is 7.86. The average Bonchev–Trinajstić information content (AvgIpc) is 3.35. The molecule has 2 aromatic rings. The lowest BCUT2D eigenvalue weighted by Gasteiger charge is -2.10. The van der Waals surface area contributed by atoms with E-state index >= 15 is 0 Å². The number of nitrogens with zero attached hydrogens (tertiary/aromatic N) is 4. The van der Waals surface area contributed by atoms with Gasteiger partial charge in [-0.25, -0.2) is 13.8 Å². The van der Waals surface area contributed by atoms with E-state index in [1.165, 1.54) is 20.4 Å². The normalized spacial score (nSPS) is 19.7. The van der Waals surface area contributed by atoms with Gasteiger partial charge >= 0.3 is 6.01 Å². The molecule has 2 heterocycles. The van der Waals surface area contributed by atoms with Crippen molar-refractivity contribution in [3.05, 3.63) is 17.8 Å². The van der Waals surface area contributed by atoms with E-state index in [0.717, 1.165) is 0 Å². The van der Waals surface area contributed by atoms with Crippen molar-refractivity contribution in [2.24, 2.45) is 5.92 Å². The second-order valence-electron chi connectivity index (χ2n) is 5.19. The van der Waals surface area contributed by atoms with Crippen molar-refractivity contribution in [2.75, 3.05) is 20.0 Å². The van der Waals surface area contributed by atoms with Crippen molar-refractivity contribution in [1.29, 1.82) is 0 Å². The van der Waals surface area contributed by atoms with E-state index in [9.17, 15) is 8.78 Å². The molecule has 2 atom stereocenters. The Balaban J connectivity index is 1.98. The number of nitrogens with two attached hydrogens (primary N) is 1. The van der Waals surface area contributed by atoms with Gasteiger partial charge in [-0.2, -0.15) is 4.98 Å². The fourth-order valence-electron chi connectivity index (χ4n) is 2.48. The fourth-order valence-corrected chi connectivity index (χ4v) is 2.48. The zero-order valence-corrected chi connectivity index (χ0v) is 12.5. The number of methoxy groups -OCH3 is 2. The minimum atomic E-state index is -2.37. The molecule has 0 aliphatic heterocycles. The second-order valence-corrected chi connectivity index (χ2v) is 5.19. The van der Waals surface area contributed by atoms with Gasteiger partial charge in [0, 0.05) is 17.7 Å². The van der Waals surface area contributed by atoms with Crippen LogP contribution in [0.25, 0.3) is 11.3 Å². The maximum Gasteiger partial charge on any atom is 0.319 e. The molecule has 1 aliphatic carbocycles. The van der Waals surface area contributed by atoms with Crippen molar-refractivity contribution in [3.8, 4) is 23.1 Å². The lowest BCUT2D eigenvalue weighted by atomic mass is 10.1. The van der Waals surface area contributed by atoms with Crippen molar-refractivity contribution in [1.82, 2.24) is 20.2 Å². The summed E-state index contributed by atoms with van der Waals surface area (Å²) >= 11 is 0. The van der Waals surface area contributed by atoms with E-state index in [0.29, 0.717) is 23.2 Å². The Hall–Kier alpha value is -2.58. The number of halogens is 2. The highest BCUT2D eigenvalue weighted by Gasteiger charge is 2.46. The maximum atomic E-state index is 12.8. The molecule has 0 spiro atoms. The van der Waals surface area contributed by atoms with Gasteiger partial charge in [0.15, 0.2) is 0 Å². The highest BCUT2D eigenvalue weighted by Crippen LogP contribution is 2.52. The summed E-state index contributed by atoms with van der Waals surface area (Å²) in [7, 11) is 2.89. The van der Waals surface area contributed by atoms with Crippen molar-refractivity contribution >= 4 is 5.82 Å². The van der Waals surface area contributed by atoms with Crippen LogP contribution in [0.1, 0.15) is 17.9 Å². The van der Waals surface area contributed by atoms with Gasteiger partial charge in [-0.1, -0.05) is 0 Å². The summed E-state index contributed by atoms with van der Waals surface area (Å²) in [6, 6.07) is 1.79. The van der Waals surface area contributed by atoms with Gasteiger partial charge in [0.1, 0.15) is 11.5 Å². The Kier molecular flexibility index (Phi) is 3.93. The maximum absolute atomic E-state index is 12.8. The summed E-state index contributed by atoms with van der Waals surface area (Å²) in [6.45, 7) is 0. The Labute approximate surface area is 130 Å². The molecule has 1 fully saturated rings. The Morgan fingerprint density at radius 1 is 1.26 bits per heavy atom. The molecule has 0 unspecified atom stereocenters. The molecule has 0 aromatic carbocycles. The first-order valence-electron chi connectivity index (χ1n) is 6.91. The van der Waals surface area contributed by atoms with Crippen LogP contribution in [0.15, 0.2) is 12.3 Å². The van der Waals surface area contributed by atoms with Gasteiger partial charge < -0.3 is 15.2 Å². The zero-order chi connectivity index (χ0) is 16.6. The molecule has 0 radical (unpaired) electrons. The van der Waals surface area contributed by atoms with Crippen LogP contribution in [0.5, 0.6) is 11.9 Å². The largest absolute Gasteiger partial charge is 0.480 e. The lowest BCUT2D eigenvalue weighted by molar-refractivity contribution is 0.120. The molecule has 1 saturated carbocycles. The van der Waals surface area contributed by atoms with Gasteiger partial charge in [0.2, 0.25) is 12.3 Å². The number of ether oxygens (including phenoxy) is 2. The number of alkyl halides is 2. The molecule has 1 aliphatic rings. The minimum absolute atomic E-state index is 0.147. The van der Waals surface area contributed by atoms with Gasteiger partial charge in [-0.05, 0) is 18.4 Å². The van der Waals surface area contributed by atoms with Crippen molar-refractivity contribution < 1.29 is 18.3 Å². The van der Waals surface area contributed by atoms with E-state index < -0.39 is 12.3 Å². The Bertz CT molecular complexity index is 728. The first-order chi connectivity index (χ1) is 11.0. The number of nitrogen functional groups attached to an aromatic ring is 1. The van der Waals surface area contributed by atoms with Gasteiger partial charge in [0.25, 0.3) is 0 Å². The third-order valence-corrected chi connectivity index (χ3v) is 3.80. The quantitative estimate of drug-likeness (QED) is 0.897. The third kappa shape index (κ3) is 2.86. The number of hydrogen-bond acceptors (Lipinski definition) is 7. The van der Waals surface area contributed by atoms with Gasteiger partial charge in [-0.15, -0.1) is 10.2 Å². The van der Waals surface area contributed by atoms with Crippen molar-refractivity contribution in [2.45, 2.75) is 18.8 Å². The molecule has 0 amide bonds. The number of aromatic nitrogens is 4. The van der Waals surface area contributed by atoms with Gasteiger partial charge in [0.05, 0.1) is 19.8 Å². The summed E-state index contributed by atoms with van der Waals surface area (Å²) in [4.78, 5) is 8.07.